The molecule has 1 aliphatic rings. The molecule has 1 atom stereocenters. The molecule has 1 saturated heterocycles. The maximum Gasteiger partial charge on any atom is 0.230 e. The predicted octanol–water partition coefficient (Wildman–Crippen LogP) is 2.23. The smallest absolute Gasteiger partial charge is 0.230 e. The van der Waals surface area contributed by atoms with E-state index in [1.165, 1.54) is 21.9 Å². The number of carbonyl (C=O) groups excluding carboxylic acids is 1. The highest BCUT2D eigenvalue weighted by Crippen LogP contribution is 2.41. The summed E-state index contributed by atoms with van der Waals surface area (Å²) in [6.45, 7) is 2.92. The molecule has 1 aromatic carbocycles. The van der Waals surface area contributed by atoms with Crippen LogP contribution in [0, 0.1) is 18.7 Å². The number of benzene rings is 1. The molecule has 0 spiro atoms. The number of nitrogens with zero attached hydrogens (tertiary/aromatic N) is 4. The number of nitrogens with two attached hydrogens (primary N) is 1. The Morgan fingerprint density at radius 3 is 2.70 bits per heavy atom. The second-order valence-corrected chi connectivity index (χ2v) is 7.79. The minimum Gasteiger partial charge on any atom is -0.492 e. The van der Waals surface area contributed by atoms with Crippen LogP contribution in [0.5, 0.6) is 5.88 Å². The van der Waals surface area contributed by atoms with Gasteiger partial charge in [0.25, 0.3) is 0 Å². The van der Waals surface area contributed by atoms with Crippen LogP contribution in [-0.4, -0.2) is 43.6 Å². The largest absolute Gasteiger partial charge is 0.492 e. The highest BCUT2D eigenvalue weighted by Gasteiger charge is 2.34. The molecule has 27 heavy (non-hydrogen) atoms. The van der Waals surface area contributed by atoms with E-state index in [4.69, 9.17) is 5.73 Å². The Bertz CT molecular complexity index is 993. The van der Waals surface area contributed by atoms with Gasteiger partial charge in [0.05, 0.1) is 10.9 Å². The lowest BCUT2D eigenvalue weighted by atomic mass is 9.93. The third-order valence-electron chi connectivity index (χ3n) is 5.05. The fourth-order valence-corrected chi connectivity index (χ4v) is 4.82. The molecular weight excluding hydrogens is 369 g/mol. The molecule has 142 valence electrons. The number of hydrogen-bond acceptors (Lipinski definition) is 6. The van der Waals surface area contributed by atoms with E-state index in [2.05, 4.69) is 15.0 Å². The summed E-state index contributed by atoms with van der Waals surface area (Å²) in [6, 6.07) is 6.08. The first kappa shape index (κ1) is 17.9. The molecule has 1 amide bonds. The van der Waals surface area contributed by atoms with Crippen molar-refractivity contribution in [3.8, 4) is 5.88 Å². The highest BCUT2D eigenvalue weighted by molar-refractivity contribution is 7.17. The first-order valence-corrected chi connectivity index (χ1v) is 9.60. The van der Waals surface area contributed by atoms with Crippen LogP contribution >= 0.6 is 11.3 Å². The highest BCUT2D eigenvalue weighted by atomic mass is 32.1. The summed E-state index contributed by atoms with van der Waals surface area (Å²) in [4.78, 5) is 19.0. The van der Waals surface area contributed by atoms with Gasteiger partial charge in [-0.05, 0) is 38.9 Å². The Morgan fingerprint density at radius 1 is 1.37 bits per heavy atom. The summed E-state index contributed by atoms with van der Waals surface area (Å²) in [7, 11) is 0. The van der Waals surface area contributed by atoms with E-state index < -0.39 is 6.04 Å². The van der Waals surface area contributed by atoms with Crippen molar-refractivity contribution in [2.75, 3.05) is 13.1 Å². The maximum absolute atomic E-state index is 14.6. The van der Waals surface area contributed by atoms with E-state index in [9.17, 15) is 14.3 Å². The van der Waals surface area contributed by atoms with Crippen LogP contribution in [0.3, 0.4) is 0 Å². The van der Waals surface area contributed by atoms with E-state index in [1.807, 2.05) is 0 Å². The van der Waals surface area contributed by atoms with Crippen molar-refractivity contribution >= 4 is 22.2 Å². The molecule has 0 aliphatic carbocycles. The normalized spacial score (nSPS) is 17.4. The quantitative estimate of drug-likeness (QED) is 0.713. The number of carbonyl (C=O) groups is 1. The van der Waals surface area contributed by atoms with Crippen molar-refractivity contribution in [2.24, 2.45) is 11.7 Å². The van der Waals surface area contributed by atoms with E-state index >= 15 is 0 Å². The molecule has 0 unspecified atom stereocenters. The Kier molecular flexibility index (Phi) is 4.56. The lowest BCUT2D eigenvalue weighted by Gasteiger charge is -2.36. The number of rotatable bonds is 4. The van der Waals surface area contributed by atoms with Crippen LogP contribution in [0.2, 0.25) is 0 Å². The molecule has 3 N–H and O–H groups in total. The van der Waals surface area contributed by atoms with Crippen molar-refractivity contribution in [3.05, 3.63) is 46.3 Å². The molecular formula is C18H20FN5O2S. The van der Waals surface area contributed by atoms with Gasteiger partial charge in [-0.15, -0.1) is 5.10 Å². The summed E-state index contributed by atoms with van der Waals surface area (Å²) in [6.07, 6.45) is 1.22. The van der Waals surface area contributed by atoms with Crippen molar-refractivity contribution < 1.29 is 14.3 Å². The summed E-state index contributed by atoms with van der Waals surface area (Å²) in [5, 5.41) is 14.9. The number of fused-ring (bicyclic) bond motifs is 1. The third kappa shape index (κ3) is 3.17. The number of thiazole rings is 1. The van der Waals surface area contributed by atoms with E-state index in [0.29, 0.717) is 47.2 Å². The van der Waals surface area contributed by atoms with Crippen molar-refractivity contribution in [1.82, 2.24) is 19.5 Å². The Balaban J connectivity index is 1.77. The van der Waals surface area contributed by atoms with Gasteiger partial charge in [0.1, 0.15) is 11.6 Å². The average molecular weight is 389 g/mol. The predicted molar refractivity (Wildman–Crippen MR) is 99.0 cm³/mol. The number of primary amides is 1. The number of halogens is 1. The standard InChI is InChI=1S/C18H20FN5O2S/c1-10-21-18-24(22-10)17(26)15(27-18)14(12-4-2-3-5-13(12)19)23-8-6-11(7-9-23)16(20)25/h2-5,11,14,26H,6-9H2,1H3,(H2,20,25)/t14-/m1/s1. The monoisotopic (exact) mass is 389 g/mol. The third-order valence-corrected chi connectivity index (χ3v) is 6.12. The van der Waals surface area contributed by atoms with E-state index in [1.54, 1.807) is 25.1 Å². The number of amides is 1. The number of piperidine rings is 1. The van der Waals surface area contributed by atoms with Gasteiger partial charge in [0, 0.05) is 11.5 Å². The Hall–Kier alpha value is -2.52. The molecule has 4 rings (SSSR count). The number of hydrogen-bond donors (Lipinski definition) is 2. The molecule has 0 radical (unpaired) electrons. The molecule has 1 aliphatic heterocycles. The van der Waals surface area contributed by atoms with Crippen LogP contribution in [0.4, 0.5) is 4.39 Å². The van der Waals surface area contributed by atoms with Crippen LogP contribution in [0.25, 0.3) is 4.96 Å². The molecule has 0 saturated carbocycles. The summed E-state index contributed by atoms with van der Waals surface area (Å²) < 4.78 is 16.0. The zero-order valence-electron chi connectivity index (χ0n) is 14.8. The zero-order valence-corrected chi connectivity index (χ0v) is 15.6. The molecule has 1 fully saturated rings. The van der Waals surface area contributed by atoms with Gasteiger partial charge in [0.15, 0.2) is 0 Å². The minimum atomic E-state index is -0.478. The van der Waals surface area contributed by atoms with E-state index in [-0.39, 0.29) is 23.5 Å². The van der Waals surface area contributed by atoms with Crippen molar-refractivity contribution in [1.29, 1.82) is 0 Å². The first-order valence-electron chi connectivity index (χ1n) is 8.78. The second-order valence-electron chi connectivity index (χ2n) is 6.78. The Labute approximate surface area is 159 Å². The average Bonchev–Trinajstić information content (AvgIpc) is 3.15. The summed E-state index contributed by atoms with van der Waals surface area (Å²) in [5.74, 6) is -0.266. The number of likely N-dealkylation sites (tertiary alicyclic amines) is 1. The van der Waals surface area contributed by atoms with Gasteiger partial charge in [-0.25, -0.2) is 9.37 Å². The summed E-state index contributed by atoms with van der Waals surface area (Å²) >= 11 is 1.30. The number of aromatic nitrogens is 3. The minimum absolute atomic E-state index is 0.0270. The SMILES string of the molecule is Cc1nc2sc([C@@H](c3ccccc3F)N3CCC(C(N)=O)CC3)c(O)n2n1. The lowest BCUT2D eigenvalue weighted by molar-refractivity contribution is -0.123. The molecule has 2 aromatic heterocycles. The molecule has 7 nitrogen and oxygen atoms in total. The van der Waals surface area contributed by atoms with Crippen LogP contribution in [0.15, 0.2) is 24.3 Å². The van der Waals surface area contributed by atoms with Crippen LogP contribution in [0.1, 0.15) is 35.1 Å². The van der Waals surface area contributed by atoms with Gasteiger partial charge in [-0.3, -0.25) is 9.69 Å². The Morgan fingerprint density at radius 2 is 2.07 bits per heavy atom. The van der Waals surface area contributed by atoms with Gasteiger partial charge >= 0.3 is 0 Å². The number of aryl methyl sites for hydroxylation is 1. The summed E-state index contributed by atoms with van der Waals surface area (Å²) in [5.41, 5.74) is 5.91. The zero-order chi connectivity index (χ0) is 19.1. The molecule has 0 bridgehead atoms. The maximum atomic E-state index is 14.6. The van der Waals surface area contributed by atoms with E-state index in [0.717, 1.165) is 0 Å². The number of aromatic hydroxyl groups is 1. The van der Waals surface area contributed by atoms with Gasteiger partial charge in [-0.2, -0.15) is 4.52 Å². The lowest BCUT2D eigenvalue weighted by Crippen LogP contribution is -2.40. The fourth-order valence-electron chi connectivity index (χ4n) is 3.67. The molecule has 9 heteroatoms. The van der Waals surface area contributed by atoms with Crippen molar-refractivity contribution in [3.63, 3.8) is 0 Å². The first-order chi connectivity index (χ1) is 13.0. The van der Waals surface area contributed by atoms with Gasteiger partial charge < -0.3 is 10.8 Å². The topological polar surface area (TPSA) is 96.8 Å². The van der Waals surface area contributed by atoms with Crippen LogP contribution in [-0.2, 0) is 4.79 Å². The fraction of sp³-hybridized carbons (Fsp3) is 0.389. The molecule has 3 aromatic rings. The van der Waals surface area contributed by atoms with Gasteiger partial charge in [0.2, 0.25) is 16.7 Å². The second kappa shape index (κ2) is 6.90. The molecule has 3 heterocycles. The van der Waals surface area contributed by atoms with Crippen LogP contribution < -0.4 is 5.73 Å². The van der Waals surface area contributed by atoms with Gasteiger partial charge in [-0.1, -0.05) is 29.5 Å². The van der Waals surface area contributed by atoms with Crippen molar-refractivity contribution in [2.45, 2.75) is 25.8 Å².